The molecule has 11 heavy (non-hydrogen) atoms. The van der Waals surface area contributed by atoms with Crippen molar-refractivity contribution in [1.82, 2.24) is 4.72 Å². The Balaban J connectivity index is 3.56. The number of methoxy groups -OCH3 is 1. The zero-order valence-electron chi connectivity index (χ0n) is 6.54. The number of nitrogens with one attached hydrogen (secondary N) is 1. The fraction of sp³-hybridized carbons (Fsp3) is 1.00. The van der Waals surface area contributed by atoms with Crippen molar-refractivity contribution in [1.29, 1.82) is 0 Å². The maximum atomic E-state index is 10.9. The molecule has 0 aromatic heterocycles. The molecule has 0 saturated heterocycles. The average Bonchev–Trinajstić information content (AvgIpc) is 1.87. The van der Waals surface area contributed by atoms with Crippen molar-refractivity contribution in [2.24, 2.45) is 5.73 Å². The molecule has 0 saturated carbocycles. The van der Waals surface area contributed by atoms with E-state index in [1.807, 2.05) is 0 Å². The Morgan fingerprint density at radius 1 is 1.55 bits per heavy atom. The molecule has 0 aromatic carbocycles. The molecule has 0 heterocycles. The smallest absolute Gasteiger partial charge is 0.212 e. The molecule has 3 N–H and O–H groups in total. The highest BCUT2D eigenvalue weighted by atomic mass is 32.2. The predicted molar refractivity (Wildman–Crippen MR) is 42.7 cm³/mol. The van der Waals surface area contributed by atoms with Crippen LogP contribution >= 0.6 is 0 Å². The lowest BCUT2D eigenvalue weighted by molar-refractivity contribution is 0.204. The van der Waals surface area contributed by atoms with E-state index in [1.165, 1.54) is 7.11 Å². The van der Waals surface area contributed by atoms with Gasteiger partial charge in [-0.15, -0.1) is 0 Å². The first-order chi connectivity index (χ1) is 5.12. The molecule has 0 unspecified atom stereocenters. The van der Waals surface area contributed by atoms with Crippen LogP contribution in [0.4, 0.5) is 0 Å². The molecule has 0 rings (SSSR count). The van der Waals surface area contributed by atoms with Gasteiger partial charge in [0.05, 0.1) is 12.4 Å². The third-order valence-corrected chi connectivity index (χ3v) is 2.43. The predicted octanol–water partition coefficient (Wildman–Crippen LogP) is -1.49. The van der Waals surface area contributed by atoms with E-state index in [2.05, 4.69) is 9.46 Å². The lowest BCUT2D eigenvalue weighted by atomic mass is 10.7. The number of sulfonamides is 1. The number of hydrogen-bond donors (Lipinski definition) is 2. The number of hydrogen-bond acceptors (Lipinski definition) is 4. The van der Waals surface area contributed by atoms with Crippen LogP contribution in [-0.4, -0.2) is 41.0 Å². The second kappa shape index (κ2) is 5.48. The van der Waals surface area contributed by atoms with Crippen LogP contribution in [0, 0.1) is 0 Å². The molecule has 0 amide bonds. The van der Waals surface area contributed by atoms with E-state index < -0.39 is 10.0 Å². The molecule has 6 heteroatoms. The standard InChI is InChI=1S/C5H14N2O3S/c1-10-4-3-7-11(8,9)5-2-6/h7H,2-6H2,1H3. The lowest BCUT2D eigenvalue weighted by Gasteiger charge is -2.03. The molecule has 0 aliphatic heterocycles. The highest BCUT2D eigenvalue weighted by Gasteiger charge is 2.06. The second-order valence-corrected chi connectivity index (χ2v) is 3.92. The normalized spacial score (nSPS) is 11.8. The quantitative estimate of drug-likeness (QED) is 0.490. The largest absolute Gasteiger partial charge is 0.383 e. The van der Waals surface area contributed by atoms with Crippen molar-refractivity contribution in [2.45, 2.75) is 0 Å². The van der Waals surface area contributed by atoms with Gasteiger partial charge in [-0.3, -0.25) is 0 Å². The molecule has 0 bridgehead atoms. The molecule has 0 aliphatic carbocycles. The Hall–Kier alpha value is -0.170. The van der Waals surface area contributed by atoms with Gasteiger partial charge in [-0.05, 0) is 0 Å². The first-order valence-electron chi connectivity index (χ1n) is 3.28. The third-order valence-electron chi connectivity index (χ3n) is 1.01. The summed E-state index contributed by atoms with van der Waals surface area (Å²) in [4.78, 5) is 0. The van der Waals surface area contributed by atoms with Gasteiger partial charge in [0.25, 0.3) is 0 Å². The maximum absolute atomic E-state index is 10.9. The van der Waals surface area contributed by atoms with Crippen LogP contribution in [0.25, 0.3) is 0 Å². The SMILES string of the molecule is COCCNS(=O)(=O)CCN. The Morgan fingerprint density at radius 3 is 2.64 bits per heavy atom. The summed E-state index contributed by atoms with van der Waals surface area (Å²) in [6.07, 6.45) is 0. The van der Waals surface area contributed by atoms with Gasteiger partial charge in [0, 0.05) is 20.2 Å². The number of ether oxygens (including phenoxy) is 1. The Labute approximate surface area is 67.0 Å². The summed E-state index contributed by atoms with van der Waals surface area (Å²) in [5, 5.41) is 0. The molecule has 0 radical (unpaired) electrons. The highest BCUT2D eigenvalue weighted by molar-refractivity contribution is 7.89. The summed E-state index contributed by atoms with van der Waals surface area (Å²) in [7, 11) is -1.65. The van der Waals surface area contributed by atoms with Gasteiger partial charge in [0.15, 0.2) is 0 Å². The minimum absolute atomic E-state index is 0.0310. The molecule has 0 aliphatic rings. The van der Waals surface area contributed by atoms with Crippen LogP contribution in [0.3, 0.4) is 0 Å². The van der Waals surface area contributed by atoms with E-state index in [4.69, 9.17) is 5.73 Å². The van der Waals surface area contributed by atoms with Crippen LogP contribution in [0.5, 0.6) is 0 Å². The van der Waals surface area contributed by atoms with Crippen LogP contribution < -0.4 is 10.5 Å². The van der Waals surface area contributed by atoms with Crippen molar-refractivity contribution in [3.8, 4) is 0 Å². The monoisotopic (exact) mass is 182 g/mol. The van der Waals surface area contributed by atoms with Crippen molar-refractivity contribution < 1.29 is 13.2 Å². The van der Waals surface area contributed by atoms with Crippen molar-refractivity contribution in [3.05, 3.63) is 0 Å². The molecule has 0 fully saturated rings. The molecule has 5 nitrogen and oxygen atoms in total. The molecule has 68 valence electrons. The Bertz CT molecular complexity index is 178. The van der Waals surface area contributed by atoms with E-state index in [-0.39, 0.29) is 12.3 Å². The lowest BCUT2D eigenvalue weighted by Crippen LogP contribution is -2.32. The summed E-state index contributed by atoms with van der Waals surface area (Å²) in [5.74, 6) is -0.0310. The molecule has 0 spiro atoms. The van der Waals surface area contributed by atoms with Gasteiger partial charge < -0.3 is 10.5 Å². The molecule has 0 atom stereocenters. The van der Waals surface area contributed by atoms with Crippen LogP contribution in [-0.2, 0) is 14.8 Å². The van der Waals surface area contributed by atoms with Gasteiger partial charge >= 0.3 is 0 Å². The van der Waals surface area contributed by atoms with Gasteiger partial charge in [0.1, 0.15) is 0 Å². The average molecular weight is 182 g/mol. The number of nitrogens with two attached hydrogens (primary N) is 1. The van der Waals surface area contributed by atoms with Crippen LogP contribution in [0.2, 0.25) is 0 Å². The van der Waals surface area contributed by atoms with E-state index in [9.17, 15) is 8.42 Å². The van der Waals surface area contributed by atoms with Crippen molar-refractivity contribution in [2.75, 3.05) is 32.6 Å². The zero-order valence-corrected chi connectivity index (χ0v) is 7.36. The first kappa shape index (κ1) is 10.8. The Kier molecular flexibility index (Phi) is 5.39. The summed E-state index contributed by atoms with van der Waals surface area (Å²) in [6, 6.07) is 0. The fourth-order valence-electron chi connectivity index (χ4n) is 0.527. The molecular formula is C5H14N2O3S. The van der Waals surface area contributed by atoms with Gasteiger partial charge in [-0.2, -0.15) is 0 Å². The second-order valence-electron chi connectivity index (χ2n) is 1.99. The third kappa shape index (κ3) is 6.24. The summed E-state index contributed by atoms with van der Waals surface area (Å²) in [6.45, 7) is 0.824. The summed E-state index contributed by atoms with van der Waals surface area (Å²) in [5.41, 5.74) is 5.07. The van der Waals surface area contributed by atoms with E-state index in [0.29, 0.717) is 13.2 Å². The minimum Gasteiger partial charge on any atom is -0.383 e. The highest BCUT2D eigenvalue weighted by Crippen LogP contribution is 1.80. The topological polar surface area (TPSA) is 81.4 Å². The van der Waals surface area contributed by atoms with E-state index >= 15 is 0 Å². The first-order valence-corrected chi connectivity index (χ1v) is 4.94. The Morgan fingerprint density at radius 2 is 2.18 bits per heavy atom. The van der Waals surface area contributed by atoms with Gasteiger partial charge in [-0.25, -0.2) is 13.1 Å². The molecule has 0 aromatic rings. The van der Waals surface area contributed by atoms with Crippen molar-refractivity contribution >= 4 is 10.0 Å². The maximum Gasteiger partial charge on any atom is 0.212 e. The minimum atomic E-state index is -3.16. The van der Waals surface area contributed by atoms with E-state index in [0.717, 1.165) is 0 Å². The fourth-order valence-corrected chi connectivity index (χ4v) is 1.38. The van der Waals surface area contributed by atoms with Gasteiger partial charge in [-0.1, -0.05) is 0 Å². The molecular weight excluding hydrogens is 168 g/mol. The van der Waals surface area contributed by atoms with E-state index in [1.54, 1.807) is 0 Å². The summed E-state index contributed by atoms with van der Waals surface area (Å²) < 4.78 is 28.7. The van der Waals surface area contributed by atoms with Crippen LogP contribution in [0.15, 0.2) is 0 Å². The summed E-state index contributed by atoms with van der Waals surface area (Å²) >= 11 is 0. The van der Waals surface area contributed by atoms with Crippen LogP contribution in [0.1, 0.15) is 0 Å². The zero-order chi connectivity index (χ0) is 8.74. The van der Waals surface area contributed by atoms with Crippen molar-refractivity contribution in [3.63, 3.8) is 0 Å². The van der Waals surface area contributed by atoms with Gasteiger partial charge in [0.2, 0.25) is 10.0 Å². The number of rotatable bonds is 6.